The van der Waals surface area contributed by atoms with Crippen LogP contribution in [0.2, 0.25) is 0 Å². The van der Waals surface area contributed by atoms with Crippen molar-refractivity contribution in [2.45, 2.75) is 6.10 Å². The summed E-state index contributed by atoms with van der Waals surface area (Å²) >= 11 is 0. The Bertz CT molecular complexity index is 421. The number of benzene rings is 1. The van der Waals surface area contributed by atoms with Gasteiger partial charge in [0.25, 0.3) is 0 Å². The predicted octanol–water partition coefficient (Wildman–Crippen LogP) is 0.0971. The number of rotatable bonds is 7. The molecule has 0 aliphatic rings. The van der Waals surface area contributed by atoms with Crippen LogP contribution in [-0.4, -0.2) is 50.1 Å². The fraction of sp³-hybridized carbons (Fsp3) is 0.462. The summed E-state index contributed by atoms with van der Waals surface area (Å²) in [6.45, 7) is 0.729. The minimum absolute atomic E-state index is 0.0112. The second-order valence-corrected chi connectivity index (χ2v) is 3.89. The van der Waals surface area contributed by atoms with Gasteiger partial charge in [-0.25, -0.2) is 4.79 Å². The molecule has 0 bridgehead atoms. The average Bonchev–Trinajstić information content (AvgIpc) is 2.45. The van der Waals surface area contributed by atoms with E-state index in [2.05, 4.69) is 10.1 Å². The molecule has 1 atom stereocenters. The molecule has 1 rings (SSSR count). The highest BCUT2D eigenvalue weighted by Crippen LogP contribution is 2.24. The van der Waals surface area contributed by atoms with Gasteiger partial charge in [-0.2, -0.15) is 0 Å². The van der Waals surface area contributed by atoms with Crippen LogP contribution < -0.4 is 10.1 Å². The first kappa shape index (κ1) is 15.4. The zero-order valence-electron chi connectivity index (χ0n) is 11.0. The first-order chi connectivity index (χ1) is 9.13. The van der Waals surface area contributed by atoms with Gasteiger partial charge < -0.3 is 25.0 Å². The number of aliphatic hydroxyl groups is 2. The van der Waals surface area contributed by atoms with Crippen molar-refractivity contribution in [3.8, 4) is 5.75 Å². The first-order valence-electron chi connectivity index (χ1n) is 5.90. The van der Waals surface area contributed by atoms with Gasteiger partial charge >= 0.3 is 5.97 Å². The zero-order valence-corrected chi connectivity index (χ0v) is 11.0. The number of ether oxygens (including phenoxy) is 2. The van der Waals surface area contributed by atoms with Crippen molar-refractivity contribution in [3.63, 3.8) is 0 Å². The smallest absolute Gasteiger partial charge is 0.341 e. The molecule has 0 fully saturated rings. The molecule has 0 heterocycles. The van der Waals surface area contributed by atoms with Gasteiger partial charge in [0.1, 0.15) is 11.3 Å². The number of carbonyl (C=O) groups excluding carboxylic acids is 1. The fourth-order valence-corrected chi connectivity index (χ4v) is 1.63. The van der Waals surface area contributed by atoms with Crippen LogP contribution in [0, 0.1) is 0 Å². The number of methoxy groups -OCH3 is 2. The van der Waals surface area contributed by atoms with Gasteiger partial charge in [-0.3, -0.25) is 0 Å². The number of hydrogen-bond donors (Lipinski definition) is 3. The van der Waals surface area contributed by atoms with E-state index in [1.165, 1.54) is 14.2 Å². The highest BCUT2D eigenvalue weighted by atomic mass is 16.5. The van der Waals surface area contributed by atoms with E-state index in [1.807, 2.05) is 0 Å². The summed E-state index contributed by atoms with van der Waals surface area (Å²) in [5.41, 5.74) is 0.930. The summed E-state index contributed by atoms with van der Waals surface area (Å²) < 4.78 is 9.75. The minimum atomic E-state index is -0.743. The Morgan fingerprint density at radius 3 is 2.74 bits per heavy atom. The van der Waals surface area contributed by atoms with Crippen molar-refractivity contribution < 1.29 is 24.5 Å². The molecule has 3 N–H and O–H groups in total. The summed E-state index contributed by atoms with van der Waals surface area (Å²) in [5, 5.41) is 21.5. The van der Waals surface area contributed by atoms with Crippen LogP contribution >= 0.6 is 0 Å². The van der Waals surface area contributed by atoms with Crippen molar-refractivity contribution in [2.75, 3.05) is 33.9 Å². The lowest BCUT2D eigenvalue weighted by atomic mass is 10.1. The molecule has 6 heteroatoms. The fourth-order valence-electron chi connectivity index (χ4n) is 1.63. The van der Waals surface area contributed by atoms with Gasteiger partial charge in [0, 0.05) is 13.1 Å². The molecule has 6 nitrogen and oxygen atoms in total. The molecule has 0 radical (unpaired) electrons. The largest absolute Gasteiger partial charge is 0.496 e. The molecule has 0 aliphatic heterocycles. The molecule has 0 saturated carbocycles. The Morgan fingerprint density at radius 2 is 2.16 bits per heavy atom. The maximum absolute atomic E-state index is 11.5. The van der Waals surface area contributed by atoms with Crippen molar-refractivity contribution in [3.05, 3.63) is 29.3 Å². The predicted molar refractivity (Wildman–Crippen MR) is 69.2 cm³/mol. The van der Waals surface area contributed by atoms with Gasteiger partial charge in [-0.05, 0) is 17.7 Å². The third-order valence-electron chi connectivity index (χ3n) is 2.64. The van der Waals surface area contributed by atoms with E-state index in [1.54, 1.807) is 18.2 Å². The Labute approximate surface area is 112 Å². The van der Waals surface area contributed by atoms with Crippen LogP contribution in [0.4, 0.5) is 0 Å². The molecule has 19 heavy (non-hydrogen) atoms. The van der Waals surface area contributed by atoms with Crippen molar-refractivity contribution in [1.82, 2.24) is 5.32 Å². The second kappa shape index (κ2) is 7.73. The zero-order chi connectivity index (χ0) is 14.3. The molecular weight excluding hydrogens is 250 g/mol. The van der Waals surface area contributed by atoms with E-state index in [4.69, 9.17) is 9.84 Å². The normalized spacial score (nSPS) is 12.0. The Hall–Kier alpha value is -1.63. The first-order valence-corrected chi connectivity index (χ1v) is 5.90. The highest BCUT2D eigenvalue weighted by Gasteiger charge is 2.15. The molecule has 0 aliphatic carbocycles. The minimum Gasteiger partial charge on any atom is -0.496 e. The third-order valence-corrected chi connectivity index (χ3v) is 2.64. The maximum atomic E-state index is 11.5. The second-order valence-electron chi connectivity index (χ2n) is 3.89. The molecular formula is C13H19NO5. The average molecular weight is 269 g/mol. The van der Waals surface area contributed by atoms with Gasteiger partial charge in [0.15, 0.2) is 0 Å². The maximum Gasteiger partial charge on any atom is 0.341 e. The number of hydrogen-bond acceptors (Lipinski definition) is 6. The molecule has 1 aromatic carbocycles. The van der Waals surface area contributed by atoms with Crippen molar-refractivity contribution >= 4 is 5.97 Å². The number of carbonyl (C=O) groups is 1. The van der Waals surface area contributed by atoms with Crippen molar-refractivity contribution in [1.29, 1.82) is 0 Å². The van der Waals surface area contributed by atoms with Gasteiger partial charge in [-0.1, -0.05) is 6.07 Å². The quantitative estimate of drug-likeness (QED) is 0.480. The Kier molecular flexibility index (Phi) is 6.27. The number of nitrogens with one attached hydrogen (secondary N) is 1. The summed E-state index contributed by atoms with van der Waals surface area (Å²) in [6, 6.07) is 4.78. The monoisotopic (exact) mass is 269 g/mol. The van der Waals surface area contributed by atoms with E-state index in [0.29, 0.717) is 30.0 Å². The van der Waals surface area contributed by atoms with E-state index < -0.39 is 12.1 Å². The van der Waals surface area contributed by atoms with E-state index in [0.717, 1.165) is 0 Å². The SMILES string of the molecule is COC(=O)c1ccc(C(O)CNCCO)cc1OC. The topological polar surface area (TPSA) is 88.0 Å². The van der Waals surface area contributed by atoms with Crippen molar-refractivity contribution in [2.24, 2.45) is 0 Å². The van der Waals surface area contributed by atoms with Gasteiger partial charge in [0.2, 0.25) is 0 Å². The molecule has 106 valence electrons. The highest BCUT2D eigenvalue weighted by molar-refractivity contribution is 5.92. The van der Waals surface area contributed by atoms with E-state index in [9.17, 15) is 9.90 Å². The molecule has 0 spiro atoms. The Morgan fingerprint density at radius 1 is 1.42 bits per heavy atom. The Balaban J connectivity index is 2.84. The van der Waals surface area contributed by atoms with Crippen LogP contribution in [0.25, 0.3) is 0 Å². The van der Waals surface area contributed by atoms with Crippen LogP contribution in [0.5, 0.6) is 5.75 Å². The number of aliphatic hydroxyl groups excluding tert-OH is 2. The third kappa shape index (κ3) is 4.20. The summed E-state index contributed by atoms with van der Waals surface area (Å²) in [5.74, 6) is -0.137. The molecule has 0 aromatic heterocycles. The van der Waals surface area contributed by atoms with Gasteiger partial charge in [-0.15, -0.1) is 0 Å². The van der Waals surface area contributed by atoms with E-state index in [-0.39, 0.29) is 6.61 Å². The number of esters is 1. The van der Waals surface area contributed by atoms with E-state index >= 15 is 0 Å². The summed E-state index contributed by atoms with van der Waals surface area (Å²) in [7, 11) is 2.74. The summed E-state index contributed by atoms with van der Waals surface area (Å²) in [4.78, 5) is 11.5. The van der Waals surface area contributed by atoms with Crippen LogP contribution in [0.15, 0.2) is 18.2 Å². The molecule has 0 saturated heterocycles. The van der Waals surface area contributed by atoms with Gasteiger partial charge in [0.05, 0.1) is 26.9 Å². The lowest BCUT2D eigenvalue weighted by molar-refractivity contribution is 0.0596. The van der Waals surface area contributed by atoms with Crippen LogP contribution in [-0.2, 0) is 4.74 Å². The molecule has 0 amide bonds. The lowest BCUT2D eigenvalue weighted by Crippen LogP contribution is -2.24. The molecule has 1 unspecified atom stereocenters. The molecule has 1 aromatic rings. The lowest BCUT2D eigenvalue weighted by Gasteiger charge is -2.14. The van der Waals surface area contributed by atoms with Crippen LogP contribution in [0.1, 0.15) is 22.0 Å². The van der Waals surface area contributed by atoms with Crippen LogP contribution in [0.3, 0.4) is 0 Å². The summed E-state index contributed by atoms with van der Waals surface area (Å²) in [6.07, 6.45) is -0.743. The standard InChI is InChI=1S/C13H19NO5/c1-18-12-7-9(11(16)8-14-5-6-15)3-4-10(12)13(17)19-2/h3-4,7,11,14-16H,5-6,8H2,1-2H3.